The zero-order valence-electron chi connectivity index (χ0n) is 6.23. The van der Waals surface area contributed by atoms with Gasteiger partial charge in [-0.15, -0.1) is 11.8 Å². The molecule has 0 unspecified atom stereocenters. The lowest BCUT2D eigenvalue weighted by molar-refractivity contribution is 1.36. The largest absolute Gasteiger partial charge is 0.128 e. The fraction of sp³-hybridized carbons (Fsp3) is 0.111. The third-order valence-electron chi connectivity index (χ3n) is 1.37. The first kappa shape index (κ1) is 8.88. The van der Waals surface area contributed by atoms with Crippen molar-refractivity contribution in [3.8, 4) is 0 Å². The van der Waals surface area contributed by atoms with Crippen molar-refractivity contribution in [2.45, 2.75) is 4.90 Å². The third kappa shape index (κ3) is 1.88. The fourth-order valence-corrected chi connectivity index (χ4v) is 2.20. The molecule has 57 valence electrons. The van der Waals surface area contributed by atoms with Gasteiger partial charge in [-0.3, -0.25) is 0 Å². The molecule has 0 N–H and O–H groups in total. The van der Waals surface area contributed by atoms with Crippen molar-refractivity contribution in [1.29, 1.82) is 0 Å². The molecule has 0 saturated heterocycles. The summed E-state index contributed by atoms with van der Waals surface area (Å²) in [6, 6.07) is 6.05. The minimum atomic E-state index is 1.02. The second kappa shape index (κ2) is 3.98. The SMILES string of the molecule is C=[C]c1cccc(SC)c1Br. The van der Waals surface area contributed by atoms with Crippen LogP contribution in [0.4, 0.5) is 0 Å². The monoisotopic (exact) mass is 227 g/mol. The van der Waals surface area contributed by atoms with E-state index in [1.807, 2.05) is 18.4 Å². The maximum atomic E-state index is 3.60. The van der Waals surface area contributed by atoms with E-state index in [9.17, 15) is 0 Å². The summed E-state index contributed by atoms with van der Waals surface area (Å²) in [5.41, 5.74) is 1.02. The third-order valence-corrected chi connectivity index (χ3v) is 3.27. The summed E-state index contributed by atoms with van der Waals surface area (Å²) in [7, 11) is 0. The van der Waals surface area contributed by atoms with Crippen LogP contribution in [0.1, 0.15) is 5.56 Å². The molecule has 0 nitrogen and oxygen atoms in total. The summed E-state index contributed by atoms with van der Waals surface area (Å²) in [6.45, 7) is 3.60. The van der Waals surface area contributed by atoms with Crippen LogP contribution in [0.3, 0.4) is 0 Å². The summed E-state index contributed by atoms with van der Waals surface area (Å²) in [6.07, 6.45) is 4.91. The van der Waals surface area contributed by atoms with Crippen molar-refractivity contribution in [3.63, 3.8) is 0 Å². The van der Waals surface area contributed by atoms with Crippen LogP contribution in [-0.2, 0) is 0 Å². The lowest BCUT2D eigenvalue weighted by Crippen LogP contribution is -1.79. The first-order valence-corrected chi connectivity index (χ1v) is 5.17. The molecule has 0 amide bonds. The molecule has 0 aromatic heterocycles. The maximum Gasteiger partial charge on any atom is 0.0389 e. The van der Waals surface area contributed by atoms with Crippen LogP contribution < -0.4 is 0 Å². The Morgan fingerprint density at radius 2 is 2.27 bits per heavy atom. The first-order chi connectivity index (χ1) is 5.29. The second-order valence-corrected chi connectivity index (χ2v) is 3.64. The molecular weight excluding hydrogens is 220 g/mol. The number of benzene rings is 1. The zero-order chi connectivity index (χ0) is 8.27. The van der Waals surface area contributed by atoms with Crippen molar-refractivity contribution in [3.05, 3.63) is 40.9 Å². The zero-order valence-corrected chi connectivity index (χ0v) is 8.63. The number of rotatable bonds is 2. The molecule has 0 spiro atoms. The van der Waals surface area contributed by atoms with E-state index in [0.29, 0.717) is 0 Å². The van der Waals surface area contributed by atoms with Crippen molar-refractivity contribution < 1.29 is 0 Å². The predicted molar refractivity (Wildman–Crippen MR) is 53.9 cm³/mol. The highest BCUT2D eigenvalue weighted by Gasteiger charge is 2.00. The quantitative estimate of drug-likeness (QED) is 0.698. The van der Waals surface area contributed by atoms with Crippen LogP contribution in [0.5, 0.6) is 0 Å². The minimum Gasteiger partial charge on any atom is -0.128 e. The normalized spacial score (nSPS) is 9.64. The average Bonchev–Trinajstić information content (AvgIpc) is 2.05. The van der Waals surface area contributed by atoms with Crippen molar-refractivity contribution in [2.24, 2.45) is 0 Å². The number of thioether (sulfide) groups is 1. The molecule has 0 aliphatic heterocycles. The van der Waals surface area contributed by atoms with Gasteiger partial charge in [0.1, 0.15) is 0 Å². The van der Waals surface area contributed by atoms with E-state index in [2.05, 4.69) is 34.7 Å². The number of hydrogen-bond acceptors (Lipinski definition) is 1. The molecule has 0 saturated carbocycles. The van der Waals surface area contributed by atoms with Gasteiger partial charge in [-0.2, -0.15) is 0 Å². The topological polar surface area (TPSA) is 0 Å². The van der Waals surface area contributed by atoms with E-state index in [-0.39, 0.29) is 0 Å². The molecule has 0 atom stereocenters. The Morgan fingerprint density at radius 3 is 2.82 bits per heavy atom. The molecule has 0 aliphatic carbocycles. The van der Waals surface area contributed by atoms with Gasteiger partial charge in [0.2, 0.25) is 0 Å². The van der Waals surface area contributed by atoms with Crippen LogP contribution in [0.2, 0.25) is 0 Å². The first-order valence-electron chi connectivity index (χ1n) is 3.15. The smallest absolute Gasteiger partial charge is 0.0389 e. The van der Waals surface area contributed by atoms with Crippen LogP contribution in [0.15, 0.2) is 34.1 Å². The summed E-state index contributed by atoms with van der Waals surface area (Å²) in [5.74, 6) is 0. The highest BCUT2D eigenvalue weighted by atomic mass is 79.9. The van der Waals surface area contributed by atoms with Gasteiger partial charge in [-0.1, -0.05) is 18.7 Å². The highest BCUT2D eigenvalue weighted by molar-refractivity contribution is 9.10. The summed E-state index contributed by atoms with van der Waals surface area (Å²) in [5, 5.41) is 0. The molecule has 1 aromatic carbocycles. The second-order valence-electron chi connectivity index (χ2n) is 2.00. The standard InChI is InChI=1S/C9H8BrS/c1-3-7-5-4-6-8(11-2)9(7)10/h4-6H,1H2,2H3. The van der Waals surface area contributed by atoms with Crippen molar-refractivity contribution in [1.82, 2.24) is 0 Å². The molecule has 1 radical (unpaired) electrons. The Hall–Kier alpha value is -0.210. The van der Waals surface area contributed by atoms with Crippen LogP contribution >= 0.6 is 27.7 Å². The van der Waals surface area contributed by atoms with Crippen LogP contribution in [0, 0.1) is 6.08 Å². The molecule has 0 bridgehead atoms. The Bertz CT molecular complexity index is 268. The van der Waals surface area contributed by atoms with Crippen molar-refractivity contribution >= 4 is 27.7 Å². The molecule has 2 heteroatoms. The Kier molecular flexibility index (Phi) is 3.21. The van der Waals surface area contributed by atoms with Gasteiger partial charge in [-0.05, 0) is 39.9 Å². The molecule has 11 heavy (non-hydrogen) atoms. The molecular formula is C9H8BrS. The lowest BCUT2D eigenvalue weighted by Gasteiger charge is -2.02. The molecule has 1 rings (SSSR count). The fourth-order valence-electron chi connectivity index (χ4n) is 0.805. The minimum absolute atomic E-state index is 1.02. The summed E-state index contributed by atoms with van der Waals surface area (Å²) >= 11 is 5.19. The van der Waals surface area contributed by atoms with Crippen LogP contribution in [-0.4, -0.2) is 6.26 Å². The predicted octanol–water partition coefficient (Wildman–Crippen LogP) is 3.51. The maximum absolute atomic E-state index is 3.60. The van der Waals surface area contributed by atoms with E-state index in [0.717, 1.165) is 10.0 Å². The Morgan fingerprint density at radius 1 is 1.55 bits per heavy atom. The number of halogens is 1. The van der Waals surface area contributed by atoms with E-state index < -0.39 is 0 Å². The molecule has 0 fully saturated rings. The number of hydrogen-bond donors (Lipinski definition) is 0. The van der Waals surface area contributed by atoms with Gasteiger partial charge in [-0.25, -0.2) is 0 Å². The summed E-state index contributed by atoms with van der Waals surface area (Å²) in [4.78, 5) is 1.22. The van der Waals surface area contributed by atoms with Gasteiger partial charge >= 0.3 is 0 Å². The average molecular weight is 228 g/mol. The van der Waals surface area contributed by atoms with Crippen molar-refractivity contribution in [2.75, 3.05) is 6.26 Å². The summed E-state index contributed by atoms with van der Waals surface area (Å²) < 4.78 is 1.09. The highest BCUT2D eigenvalue weighted by Crippen LogP contribution is 2.28. The van der Waals surface area contributed by atoms with Crippen LogP contribution in [0.25, 0.3) is 0 Å². The van der Waals surface area contributed by atoms with Gasteiger partial charge in [0, 0.05) is 9.37 Å². The van der Waals surface area contributed by atoms with E-state index in [1.54, 1.807) is 11.8 Å². The van der Waals surface area contributed by atoms with Gasteiger partial charge < -0.3 is 0 Å². The van der Waals surface area contributed by atoms with E-state index in [1.165, 1.54) is 4.90 Å². The lowest BCUT2D eigenvalue weighted by atomic mass is 10.2. The Labute approximate surface area is 79.8 Å². The van der Waals surface area contributed by atoms with E-state index in [4.69, 9.17) is 0 Å². The van der Waals surface area contributed by atoms with E-state index >= 15 is 0 Å². The van der Waals surface area contributed by atoms with Gasteiger partial charge in [0.05, 0.1) is 0 Å². The van der Waals surface area contributed by atoms with Gasteiger partial charge in [0.15, 0.2) is 0 Å². The Balaban J connectivity index is 3.20. The molecule has 0 heterocycles. The molecule has 1 aromatic rings. The van der Waals surface area contributed by atoms with Gasteiger partial charge in [0.25, 0.3) is 0 Å². The molecule has 0 aliphatic rings.